The molecule has 0 aromatic heterocycles. The van der Waals surface area contributed by atoms with Crippen molar-refractivity contribution in [1.82, 2.24) is 9.34 Å². The SMILES string of the molecule is CC1(C)CN2CC(C)(C)OP23(OCCOCCOCCOCCOP24(OCCOCCO3)OC(C)(C)CN2CC(C)(C)O4)O1. The first-order valence-corrected chi connectivity index (χ1v) is 19.5. The first kappa shape index (κ1) is 35.6. The van der Waals surface area contributed by atoms with Crippen molar-refractivity contribution in [3.63, 3.8) is 0 Å². The molecule has 5 rings (SSSR count). The second-order valence-electron chi connectivity index (χ2n) is 14.4. The molecule has 0 saturated carbocycles. The summed E-state index contributed by atoms with van der Waals surface area (Å²) >= 11 is 0. The molecule has 2 spiro atoms. The van der Waals surface area contributed by atoms with Gasteiger partial charge in [0, 0.05) is 0 Å². The van der Waals surface area contributed by atoms with Gasteiger partial charge in [-0.2, -0.15) is 0 Å². The van der Waals surface area contributed by atoms with Crippen molar-refractivity contribution < 1.29 is 55.1 Å². The predicted octanol–water partition coefficient (Wildman–Crippen LogP) is 4.23. The topological polar surface area (TPSA) is 117 Å². The molecule has 0 atom stereocenters. The number of hydrogen-bond acceptors (Lipinski definition) is 14. The number of hydrogen-bond donors (Lipinski definition) is 0. The monoisotopic (exact) mass is 674 g/mol. The van der Waals surface area contributed by atoms with Crippen molar-refractivity contribution >= 4 is 15.3 Å². The Kier molecular flexibility index (Phi) is 10.2. The summed E-state index contributed by atoms with van der Waals surface area (Å²) in [6.45, 7) is 22.5. The molecule has 14 nitrogen and oxygen atoms in total. The second-order valence-corrected chi connectivity index (χ2v) is 20.4. The van der Waals surface area contributed by atoms with Crippen molar-refractivity contribution in [2.75, 3.05) is 105 Å². The third-order valence-electron chi connectivity index (χ3n) is 7.66. The zero-order valence-electron chi connectivity index (χ0n) is 28.0. The Morgan fingerprint density at radius 1 is 0.341 bits per heavy atom. The summed E-state index contributed by atoms with van der Waals surface area (Å²) in [6, 6.07) is 0. The standard InChI is InChI=1S/C28H56N2O12P2/c1-25(2)21-29-22-26(3,4)40-43(29,39-25)35-17-13-32-11-9-31-10-12-33-14-18-36-44(38-20-16-34-15-19-37-43)30(23-27(5,6)41-44)24-28(7,8)42-44/h9-24H2,1-8H3. The molecule has 0 aliphatic carbocycles. The van der Waals surface area contributed by atoms with E-state index in [1.165, 1.54) is 0 Å². The van der Waals surface area contributed by atoms with Crippen LogP contribution in [-0.2, 0) is 55.1 Å². The van der Waals surface area contributed by atoms with Crippen molar-refractivity contribution in [1.29, 1.82) is 0 Å². The molecule has 0 radical (unpaired) electrons. The number of nitrogens with zero attached hydrogens (tertiary/aromatic N) is 2. The molecule has 5 saturated heterocycles. The van der Waals surface area contributed by atoms with Crippen molar-refractivity contribution in [3.8, 4) is 0 Å². The molecule has 5 aliphatic rings. The van der Waals surface area contributed by atoms with E-state index in [-0.39, 0.29) is 39.6 Å². The van der Waals surface area contributed by atoms with Gasteiger partial charge in [-0.25, -0.2) is 0 Å². The maximum atomic E-state index is 6.64. The van der Waals surface area contributed by atoms with Crippen molar-refractivity contribution in [2.45, 2.75) is 77.8 Å². The van der Waals surface area contributed by atoms with Gasteiger partial charge in [-0.3, -0.25) is 0 Å². The van der Waals surface area contributed by atoms with E-state index in [9.17, 15) is 0 Å². The van der Waals surface area contributed by atoms with Crippen LogP contribution in [-0.4, -0.2) is 137 Å². The van der Waals surface area contributed by atoms with E-state index in [4.69, 9.17) is 55.1 Å². The van der Waals surface area contributed by atoms with E-state index in [1.807, 2.05) is 55.4 Å². The molecule has 5 heterocycles. The van der Waals surface area contributed by atoms with Gasteiger partial charge in [0.05, 0.1) is 0 Å². The predicted molar refractivity (Wildman–Crippen MR) is 165 cm³/mol. The molecule has 5 aliphatic heterocycles. The molecule has 0 aromatic rings. The van der Waals surface area contributed by atoms with Crippen LogP contribution >= 0.6 is 15.3 Å². The average Bonchev–Trinajstić information content (AvgIpc) is 3.40. The van der Waals surface area contributed by atoms with E-state index in [1.54, 1.807) is 0 Å². The Labute approximate surface area is 263 Å². The third kappa shape index (κ3) is 7.47. The number of rotatable bonds is 0. The van der Waals surface area contributed by atoms with Gasteiger partial charge in [0.1, 0.15) is 0 Å². The van der Waals surface area contributed by atoms with Gasteiger partial charge >= 0.3 is 263 Å². The zero-order chi connectivity index (χ0) is 31.8. The van der Waals surface area contributed by atoms with Gasteiger partial charge in [0.2, 0.25) is 0 Å². The van der Waals surface area contributed by atoms with Crippen LogP contribution in [0.5, 0.6) is 0 Å². The van der Waals surface area contributed by atoms with Crippen LogP contribution in [0.3, 0.4) is 0 Å². The van der Waals surface area contributed by atoms with Crippen molar-refractivity contribution in [2.24, 2.45) is 0 Å². The Bertz CT molecular complexity index is 899. The minimum atomic E-state index is -4.13. The van der Waals surface area contributed by atoms with Gasteiger partial charge in [-0.15, -0.1) is 0 Å². The molecular weight excluding hydrogens is 618 g/mol. The summed E-state index contributed by atoms with van der Waals surface area (Å²) in [5.41, 5.74) is -2.06. The van der Waals surface area contributed by atoms with Crippen LogP contribution in [0.4, 0.5) is 0 Å². The van der Waals surface area contributed by atoms with Gasteiger partial charge in [-0.1, -0.05) is 0 Å². The van der Waals surface area contributed by atoms with Crippen LogP contribution in [0.1, 0.15) is 55.4 Å². The molecule has 44 heavy (non-hydrogen) atoms. The molecular formula is C28H56N2O12P2. The summed E-state index contributed by atoms with van der Waals surface area (Å²) < 4.78 is 80.1. The molecule has 16 heteroatoms. The first-order valence-electron chi connectivity index (χ1n) is 15.8. The molecule has 0 aromatic carbocycles. The fourth-order valence-corrected chi connectivity index (χ4v) is 15.7. The maximum absolute atomic E-state index is 6.64. The fourth-order valence-electron chi connectivity index (χ4n) is 6.62. The van der Waals surface area contributed by atoms with Crippen LogP contribution in [0.2, 0.25) is 0 Å². The first-order chi connectivity index (χ1) is 20.5. The second kappa shape index (κ2) is 12.6. The van der Waals surface area contributed by atoms with E-state index >= 15 is 0 Å². The van der Waals surface area contributed by atoms with Crippen LogP contribution in [0.15, 0.2) is 0 Å². The average molecular weight is 675 g/mol. The zero-order valence-corrected chi connectivity index (χ0v) is 29.8. The van der Waals surface area contributed by atoms with E-state index in [2.05, 4.69) is 9.34 Å². The normalized spacial score (nSPS) is 36.1. The molecule has 0 amide bonds. The van der Waals surface area contributed by atoms with E-state index < -0.39 is 37.7 Å². The van der Waals surface area contributed by atoms with Gasteiger partial charge < -0.3 is 0 Å². The van der Waals surface area contributed by atoms with E-state index in [0.29, 0.717) is 65.8 Å². The molecule has 260 valence electrons. The van der Waals surface area contributed by atoms with Crippen LogP contribution in [0.25, 0.3) is 0 Å². The third-order valence-corrected chi connectivity index (χ3v) is 15.7. The molecule has 0 N–H and O–H groups in total. The van der Waals surface area contributed by atoms with Gasteiger partial charge in [-0.05, 0) is 0 Å². The summed E-state index contributed by atoms with van der Waals surface area (Å²) in [5.74, 6) is 0. The fraction of sp³-hybridized carbons (Fsp3) is 1.00. The summed E-state index contributed by atoms with van der Waals surface area (Å²) in [6.07, 6.45) is 0. The molecule has 0 bridgehead atoms. The molecule has 0 unspecified atom stereocenters. The Morgan fingerprint density at radius 2 is 0.545 bits per heavy atom. The van der Waals surface area contributed by atoms with Crippen molar-refractivity contribution in [3.05, 3.63) is 0 Å². The summed E-state index contributed by atoms with van der Waals surface area (Å²) in [5, 5.41) is 0. The Hall–Kier alpha value is 0.300. The number of ether oxygens (including phenoxy) is 4. The van der Waals surface area contributed by atoms with Gasteiger partial charge in [0.15, 0.2) is 0 Å². The summed E-state index contributed by atoms with van der Waals surface area (Å²) in [7, 11) is -8.26. The quantitative estimate of drug-likeness (QED) is 0.341. The van der Waals surface area contributed by atoms with Crippen LogP contribution in [0, 0.1) is 0 Å². The Balaban J connectivity index is 1.29. The molecule has 5 fully saturated rings. The Morgan fingerprint density at radius 3 is 0.773 bits per heavy atom. The summed E-state index contributed by atoms with van der Waals surface area (Å²) in [4.78, 5) is 0. The van der Waals surface area contributed by atoms with E-state index in [0.717, 1.165) is 0 Å². The van der Waals surface area contributed by atoms with Gasteiger partial charge in [0.25, 0.3) is 0 Å². The van der Waals surface area contributed by atoms with Crippen LogP contribution < -0.4 is 0 Å². The minimum absolute atomic E-state index is 0.200.